The quantitative estimate of drug-likeness (QED) is 0.896. The highest BCUT2D eigenvalue weighted by Crippen LogP contribution is 2.38. The minimum atomic E-state index is 0.485. The maximum absolute atomic E-state index is 6.15. The molecule has 0 saturated heterocycles. The number of nitrogens with two attached hydrogens (primary N) is 1. The van der Waals surface area contributed by atoms with E-state index in [4.69, 9.17) is 22.1 Å². The van der Waals surface area contributed by atoms with Crippen molar-refractivity contribution in [2.24, 2.45) is 0 Å². The molecule has 2 rings (SSSR count). The Labute approximate surface area is 106 Å². The summed E-state index contributed by atoms with van der Waals surface area (Å²) >= 11 is 9.54. The van der Waals surface area contributed by atoms with Crippen molar-refractivity contribution in [3.05, 3.63) is 27.8 Å². The first-order valence-electron chi connectivity index (χ1n) is 4.45. The first kappa shape index (κ1) is 11.3. The molecule has 3 N–H and O–H groups in total. The molecule has 0 amide bonds. The number of halogens is 2. The van der Waals surface area contributed by atoms with Crippen LogP contribution >= 0.6 is 27.5 Å². The molecule has 0 unspecified atom stereocenters. The molecular weight excluding hydrogens is 293 g/mol. The second-order valence-electron chi connectivity index (χ2n) is 3.16. The second kappa shape index (κ2) is 4.35. The highest BCUT2D eigenvalue weighted by atomic mass is 79.9. The van der Waals surface area contributed by atoms with Gasteiger partial charge in [0.15, 0.2) is 0 Å². The van der Waals surface area contributed by atoms with Gasteiger partial charge in [0.2, 0.25) is 0 Å². The number of aromatic nitrogens is 2. The number of rotatable bonds is 2. The molecule has 1 aromatic carbocycles. The highest BCUT2D eigenvalue weighted by Gasteiger charge is 2.12. The molecule has 6 heteroatoms. The molecule has 0 bridgehead atoms. The smallest absolute Gasteiger partial charge is 0.134 e. The average molecular weight is 303 g/mol. The fraction of sp³-hybridized carbons (Fsp3) is 0.100. The van der Waals surface area contributed by atoms with Gasteiger partial charge in [-0.05, 0) is 22.0 Å². The van der Waals surface area contributed by atoms with Crippen LogP contribution in [0.4, 0.5) is 5.82 Å². The first-order valence-corrected chi connectivity index (χ1v) is 5.63. The standard InChI is InChI=1S/C10H9BrClN3O/c1-16-9-3-8(12)5(2-7(9)11)6-4-14-15-10(6)13/h2-4H,1H3,(H3,13,14,15). The molecule has 0 fully saturated rings. The summed E-state index contributed by atoms with van der Waals surface area (Å²) in [6.45, 7) is 0. The van der Waals surface area contributed by atoms with Gasteiger partial charge in [-0.1, -0.05) is 11.6 Å². The van der Waals surface area contributed by atoms with E-state index in [1.807, 2.05) is 6.07 Å². The van der Waals surface area contributed by atoms with E-state index in [1.165, 1.54) is 0 Å². The fourth-order valence-corrected chi connectivity index (χ4v) is 2.16. The van der Waals surface area contributed by atoms with Crippen LogP contribution in [0.25, 0.3) is 11.1 Å². The summed E-state index contributed by atoms with van der Waals surface area (Å²) in [6, 6.07) is 3.58. The van der Waals surface area contributed by atoms with Crippen molar-refractivity contribution in [2.45, 2.75) is 0 Å². The van der Waals surface area contributed by atoms with E-state index >= 15 is 0 Å². The van der Waals surface area contributed by atoms with E-state index < -0.39 is 0 Å². The van der Waals surface area contributed by atoms with Crippen molar-refractivity contribution < 1.29 is 4.74 Å². The number of nitrogens with zero attached hydrogens (tertiary/aromatic N) is 1. The van der Waals surface area contributed by atoms with E-state index in [9.17, 15) is 0 Å². The van der Waals surface area contributed by atoms with Crippen LogP contribution in [0.5, 0.6) is 5.75 Å². The Kier molecular flexibility index (Phi) is 3.07. The van der Waals surface area contributed by atoms with Crippen molar-refractivity contribution in [3.8, 4) is 16.9 Å². The molecule has 0 spiro atoms. The fourth-order valence-electron chi connectivity index (χ4n) is 1.40. The molecule has 0 atom stereocenters. The topological polar surface area (TPSA) is 63.9 Å². The lowest BCUT2D eigenvalue weighted by atomic mass is 10.1. The van der Waals surface area contributed by atoms with Gasteiger partial charge in [0.25, 0.3) is 0 Å². The van der Waals surface area contributed by atoms with E-state index in [2.05, 4.69) is 26.1 Å². The molecular formula is C10H9BrClN3O. The number of methoxy groups -OCH3 is 1. The molecule has 1 aromatic heterocycles. The number of H-pyrrole nitrogens is 1. The first-order chi connectivity index (χ1) is 7.63. The number of hydrogen-bond acceptors (Lipinski definition) is 3. The van der Waals surface area contributed by atoms with Crippen molar-refractivity contribution in [1.29, 1.82) is 0 Å². The van der Waals surface area contributed by atoms with Crippen LogP contribution in [0.2, 0.25) is 5.02 Å². The SMILES string of the molecule is COc1cc(Cl)c(-c2cn[nH]c2N)cc1Br. The summed E-state index contributed by atoms with van der Waals surface area (Å²) in [5.41, 5.74) is 7.32. The predicted molar refractivity (Wildman–Crippen MR) is 67.7 cm³/mol. The largest absolute Gasteiger partial charge is 0.496 e. The van der Waals surface area contributed by atoms with Crippen LogP contribution in [-0.4, -0.2) is 17.3 Å². The predicted octanol–water partition coefficient (Wildman–Crippen LogP) is 3.08. The van der Waals surface area contributed by atoms with Gasteiger partial charge in [0.05, 0.1) is 22.8 Å². The third-order valence-corrected chi connectivity index (χ3v) is 3.13. The minimum absolute atomic E-state index is 0.485. The lowest BCUT2D eigenvalue weighted by molar-refractivity contribution is 0.412. The third-order valence-electron chi connectivity index (χ3n) is 2.20. The molecule has 0 aliphatic rings. The summed E-state index contributed by atoms with van der Waals surface area (Å²) in [4.78, 5) is 0. The van der Waals surface area contributed by atoms with Crippen LogP contribution in [-0.2, 0) is 0 Å². The maximum atomic E-state index is 6.15. The number of ether oxygens (including phenoxy) is 1. The summed E-state index contributed by atoms with van der Waals surface area (Å²) in [5.74, 6) is 1.16. The zero-order chi connectivity index (χ0) is 11.7. The zero-order valence-corrected chi connectivity index (χ0v) is 10.8. The number of nitrogen functional groups attached to an aromatic ring is 1. The molecule has 0 saturated carbocycles. The average Bonchev–Trinajstić information content (AvgIpc) is 2.67. The van der Waals surface area contributed by atoms with E-state index in [-0.39, 0.29) is 0 Å². The van der Waals surface area contributed by atoms with Gasteiger partial charge >= 0.3 is 0 Å². The van der Waals surface area contributed by atoms with Crippen molar-refractivity contribution >= 4 is 33.3 Å². The second-order valence-corrected chi connectivity index (χ2v) is 4.43. The number of benzene rings is 1. The molecule has 4 nitrogen and oxygen atoms in total. The Hall–Kier alpha value is -1.20. The lowest BCUT2D eigenvalue weighted by Crippen LogP contribution is -1.90. The Bertz CT molecular complexity index is 527. The highest BCUT2D eigenvalue weighted by molar-refractivity contribution is 9.10. The summed E-state index contributed by atoms with van der Waals surface area (Å²) in [6.07, 6.45) is 1.63. The summed E-state index contributed by atoms with van der Waals surface area (Å²) in [5, 5.41) is 7.08. The van der Waals surface area contributed by atoms with Gasteiger partial charge < -0.3 is 10.5 Å². The number of aromatic amines is 1. The summed E-state index contributed by atoms with van der Waals surface area (Å²) < 4.78 is 5.96. The Morgan fingerprint density at radius 3 is 2.75 bits per heavy atom. The zero-order valence-electron chi connectivity index (χ0n) is 8.42. The van der Waals surface area contributed by atoms with Gasteiger partial charge in [-0.15, -0.1) is 0 Å². The van der Waals surface area contributed by atoms with Crippen molar-refractivity contribution in [1.82, 2.24) is 10.2 Å². The van der Waals surface area contributed by atoms with E-state index in [1.54, 1.807) is 19.4 Å². The van der Waals surface area contributed by atoms with Crippen LogP contribution < -0.4 is 10.5 Å². The summed E-state index contributed by atoms with van der Waals surface area (Å²) in [7, 11) is 1.59. The van der Waals surface area contributed by atoms with E-state index in [0.29, 0.717) is 16.6 Å². The maximum Gasteiger partial charge on any atom is 0.134 e. The van der Waals surface area contributed by atoms with Crippen LogP contribution in [0.3, 0.4) is 0 Å². The van der Waals surface area contributed by atoms with Gasteiger partial charge in [0, 0.05) is 17.2 Å². The molecule has 0 radical (unpaired) electrons. The van der Waals surface area contributed by atoms with Crippen molar-refractivity contribution in [3.63, 3.8) is 0 Å². The Balaban J connectivity index is 2.59. The number of hydrogen-bond donors (Lipinski definition) is 2. The van der Waals surface area contributed by atoms with Crippen LogP contribution in [0.1, 0.15) is 0 Å². The van der Waals surface area contributed by atoms with Gasteiger partial charge in [0.1, 0.15) is 11.6 Å². The Morgan fingerprint density at radius 1 is 1.44 bits per heavy atom. The number of anilines is 1. The van der Waals surface area contributed by atoms with Gasteiger partial charge in [-0.25, -0.2) is 0 Å². The van der Waals surface area contributed by atoms with Crippen LogP contribution in [0, 0.1) is 0 Å². The van der Waals surface area contributed by atoms with Gasteiger partial charge in [-0.2, -0.15) is 5.10 Å². The van der Waals surface area contributed by atoms with Crippen LogP contribution in [0.15, 0.2) is 22.8 Å². The van der Waals surface area contributed by atoms with Gasteiger partial charge in [-0.3, -0.25) is 5.10 Å². The third kappa shape index (κ3) is 1.88. The molecule has 2 aromatic rings. The lowest BCUT2D eigenvalue weighted by Gasteiger charge is -2.08. The normalized spacial score (nSPS) is 10.4. The molecule has 1 heterocycles. The molecule has 0 aliphatic carbocycles. The minimum Gasteiger partial charge on any atom is -0.496 e. The molecule has 0 aliphatic heterocycles. The molecule has 84 valence electrons. The van der Waals surface area contributed by atoms with Crippen molar-refractivity contribution in [2.75, 3.05) is 12.8 Å². The molecule has 16 heavy (non-hydrogen) atoms. The monoisotopic (exact) mass is 301 g/mol. The number of nitrogens with one attached hydrogen (secondary N) is 1. The Morgan fingerprint density at radius 2 is 2.19 bits per heavy atom. The van der Waals surface area contributed by atoms with E-state index in [0.717, 1.165) is 15.6 Å².